The Labute approximate surface area is 207 Å². The molecule has 8 heteroatoms. The normalized spacial score (nSPS) is 22.6. The van der Waals surface area contributed by atoms with Gasteiger partial charge in [0.15, 0.2) is 0 Å². The van der Waals surface area contributed by atoms with Gasteiger partial charge in [0.1, 0.15) is 0 Å². The Morgan fingerprint density at radius 1 is 1.11 bits per heavy atom. The number of carboxylic acid groups (broad SMARTS) is 1. The number of nitrogens with zero attached hydrogens (tertiary/aromatic N) is 2. The molecule has 3 aromatic rings. The van der Waals surface area contributed by atoms with Crippen LogP contribution >= 0.6 is 0 Å². The maximum atomic E-state index is 11.2. The minimum atomic E-state index is -0.983. The van der Waals surface area contributed by atoms with Gasteiger partial charge in [0.2, 0.25) is 0 Å². The molecule has 1 aromatic heterocycles. The SMILES string of the molecule is CN(Cc1ccccc1)[C@@H]1c2cc3cc(B4OC(C)(C)C(C)(C)O4)ccc3n2C[C@@H]1CNC(=O)O. The van der Waals surface area contributed by atoms with Crippen molar-refractivity contribution >= 4 is 29.6 Å². The van der Waals surface area contributed by atoms with E-state index in [9.17, 15) is 9.90 Å². The van der Waals surface area contributed by atoms with Crippen molar-refractivity contribution in [3.63, 3.8) is 0 Å². The number of nitrogens with one attached hydrogen (secondary N) is 1. The molecule has 1 saturated heterocycles. The lowest BCUT2D eigenvalue weighted by molar-refractivity contribution is 0.00578. The molecular formula is C27H34BN3O4. The lowest BCUT2D eigenvalue weighted by Gasteiger charge is -2.32. The highest BCUT2D eigenvalue weighted by atomic mass is 16.7. The summed E-state index contributed by atoms with van der Waals surface area (Å²) in [4.78, 5) is 13.6. The van der Waals surface area contributed by atoms with Crippen molar-refractivity contribution in [1.29, 1.82) is 0 Å². The number of aromatic nitrogens is 1. The van der Waals surface area contributed by atoms with Crippen molar-refractivity contribution in [1.82, 2.24) is 14.8 Å². The Kier molecular flexibility index (Phi) is 5.94. The zero-order chi connectivity index (χ0) is 25.0. The number of amides is 1. The third kappa shape index (κ3) is 4.35. The van der Waals surface area contributed by atoms with Crippen molar-refractivity contribution in [3.05, 3.63) is 65.9 Å². The van der Waals surface area contributed by atoms with Gasteiger partial charge in [-0.25, -0.2) is 4.79 Å². The van der Waals surface area contributed by atoms with Crippen molar-refractivity contribution in [2.75, 3.05) is 13.6 Å². The number of hydrogen-bond acceptors (Lipinski definition) is 4. The van der Waals surface area contributed by atoms with E-state index < -0.39 is 13.2 Å². The molecule has 35 heavy (non-hydrogen) atoms. The molecule has 0 bridgehead atoms. The second kappa shape index (κ2) is 8.69. The lowest BCUT2D eigenvalue weighted by Crippen LogP contribution is -2.41. The van der Waals surface area contributed by atoms with Crippen LogP contribution in [0.3, 0.4) is 0 Å². The van der Waals surface area contributed by atoms with E-state index in [0.29, 0.717) is 6.54 Å². The largest absolute Gasteiger partial charge is 0.494 e. The third-order valence-electron chi connectivity index (χ3n) is 7.91. The highest BCUT2D eigenvalue weighted by Gasteiger charge is 2.51. The van der Waals surface area contributed by atoms with Gasteiger partial charge < -0.3 is 24.3 Å². The zero-order valence-corrected chi connectivity index (χ0v) is 21.1. The van der Waals surface area contributed by atoms with Crippen LogP contribution in [0.1, 0.15) is 45.0 Å². The van der Waals surface area contributed by atoms with E-state index in [0.717, 1.165) is 29.5 Å². The number of rotatable bonds is 6. The molecule has 0 aliphatic carbocycles. The van der Waals surface area contributed by atoms with Gasteiger partial charge in [-0.2, -0.15) is 0 Å². The van der Waals surface area contributed by atoms with Crippen LogP contribution in [-0.2, 0) is 22.4 Å². The lowest BCUT2D eigenvalue weighted by atomic mass is 9.78. The fraction of sp³-hybridized carbons (Fsp3) is 0.444. The summed E-state index contributed by atoms with van der Waals surface area (Å²) in [7, 11) is 1.72. The van der Waals surface area contributed by atoms with E-state index in [1.807, 2.05) is 6.07 Å². The molecule has 0 unspecified atom stereocenters. The molecule has 2 atom stereocenters. The van der Waals surface area contributed by atoms with E-state index in [1.165, 1.54) is 11.3 Å². The van der Waals surface area contributed by atoms with Crippen LogP contribution in [0.4, 0.5) is 4.79 Å². The van der Waals surface area contributed by atoms with Crippen molar-refractivity contribution in [2.24, 2.45) is 5.92 Å². The van der Waals surface area contributed by atoms with Crippen LogP contribution in [0.25, 0.3) is 10.9 Å². The number of hydrogen-bond donors (Lipinski definition) is 2. The Hall–Kier alpha value is -2.81. The molecule has 0 spiro atoms. The van der Waals surface area contributed by atoms with Crippen LogP contribution < -0.4 is 10.8 Å². The molecule has 184 valence electrons. The van der Waals surface area contributed by atoms with Gasteiger partial charge in [-0.05, 0) is 63.3 Å². The summed E-state index contributed by atoms with van der Waals surface area (Å²) in [5, 5.41) is 13.0. The number of carbonyl (C=O) groups is 1. The first-order valence-corrected chi connectivity index (χ1v) is 12.3. The molecule has 3 heterocycles. The molecule has 2 aliphatic heterocycles. The molecule has 5 rings (SSSR count). The van der Waals surface area contributed by atoms with Gasteiger partial charge >= 0.3 is 13.2 Å². The Morgan fingerprint density at radius 3 is 2.46 bits per heavy atom. The quantitative estimate of drug-likeness (QED) is 0.527. The number of benzene rings is 2. The molecule has 2 N–H and O–H groups in total. The monoisotopic (exact) mass is 475 g/mol. The Bertz CT molecular complexity index is 1220. The van der Waals surface area contributed by atoms with E-state index in [-0.39, 0.29) is 23.2 Å². The molecule has 2 aromatic carbocycles. The summed E-state index contributed by atoms with van der Waals surface area (Å²) >= 11 is 0. The molecule has 7 nitrogen and oxygen atoms in total. The van der Waals surface area contributed by atoms with E-state index in [2.05, 4.69) is 98.1 Å². The zero-order valence-electron chi connectivity index (χ0n) is 21.1. The molecule has 1 amide bonds. The smallest absolute Gasteiger partial charge is 0.465 e. The van der Waals surface area contributed by atoms with Crippen LogP contribution in [0.15, 0.2) is 54.6 Å². The van der Waals surface area contributed by atoms with Crippen molar-refractivity contribution in [3.8, 4) is 0 Å². The second-order valence-electron chi connectivity index (χ2n) is 10.9. The van der Waals surface area contributed by atoms with E-state index >= 15 is 0 Å². The predicted octanol–water partition coefficient (Wildman–Crippen LogP) is 4.01. The summed E-state index contributed by atoms with van der Waals surface area (Å²) in [6.45, 7) is 10.2. The van der Waals surface area contributed by atoms with Gasteiger partial charge in [-0.3, -0.25) is 4.90 Å². The first kappa shape index (κ1) is 23.9. The van der Waals surface area contributed by atoms with Crippen molar-refractivity contribution < 1.29 is 19.2 Å². The minimum absolute atomic E-state index is 0.0924. The summed E-state index contributed by atoms with van der Waals surface area (Å²) in [5.41, 5.74) is 3.84. The van der Waals surface area contributed by atoms with Crippen molar-refractivity contribution in [2.45, 2.75) is 58.0 Å². The van der Waals surface area contributed by atoms with E-state index in [4.69, 9.17) is 9.31 Å². The molecule has 0 radical (unpaired) electrons. The van der Waals surface area contributed by atoms with Gasteiger partial charge in [-0.15, -0.1) is 0 Å². The third-order valence-corrected chi connectivity index (χ3v) is 7.91. The minimum Gasteiger partial charge on any atom is -0.465 e. The van der Waals surface area contributed by atoms with Crippen LogP contribution in [-0.4, -0.2) is 52.6 Å². The predicted molar refractivity (Wildman–Crippen MR) is 138 cm³/mol. The summed E-state index contributed by atoms with van der Waals surface area (Å²) in [6.07, 6.45) is -0.983. The molecule has 1 fully saturated rings. The van der Waals surface area contributed by atoms with Gasteiger partial charge in [0.05, 0.1) is 17.2 Å². The second-order valence-corrected chi connectivity index (χ2v) is 10.9. The maximum Gasteiger partial charge on any atom is 0.494 e. The van der Waals surface area contributed by atoms with Gasteiger partial charge in [0, 0.05) is 36.8 Å². The fourth-order valence-corrected chi connectivity index (χ4v) is 5.41. The summed E-state index contributed by atoms with van der Waals surface area (Å²) in [5.74, 6) is 0.141. The topological polar surface area (TPSA) is 76.0 Å². The van der Waals surface area contributed by atoms with Gasteiger partial charge in [-0.1, -0.05) is 42.5 Å². The fourth-order valence-electron chi connectivity index (χ4n) is 5.41. The summed E-state index contributed by atoms with van der Waals surface area (Å²) in [6, 6.07) is 19.1. The van der Waals surface area contributed by atoms with E-state index in [1.54, 1.807) is 0 Å². The number of fused-ring (bicyclic) bond motifs is 3. The molecule has 2 aliphatic rings. The summed E-state index contributed by atoms with van der Waals surface area (Å²) < 4.78 is 14.9. The van der Waals surface area contributed by atoms with Crippen LogP contribution in [0.2, 0.25) is 0 Å². The Balaban J connectivity index is 1.46. The average molecular weight is 475 g/mol. The Morgan fingerprint density at radius 2 is 1.80 bits per heavy atom. The standard InChI is InChI=1S/C27H34BN3O4/c1-26(2)27(3,4)35-28(34-26)21-11-12-22-19(13-21)14-23-24(20(17-31(22)23)15-29-25(32)33)30(5)16-18-9-7-6-8-10-18/h6-14,20,24,29H,15-17H2,1-5H3,(H,32,33)/t20-,24-/m0/s1. The van der Waals surface area contributed by atoms with Gasteiger partial charge in [0.25, 0.3) is 0 Å². The van der Waals surface area contributed by atoms with Crippen LogP contribution in [0, 0.1) is 5.92 Å². The maximum absolute atomic E-state index is 11.2. The average Bonchev–Trinajstić information content (AvgIpc) is 3.39. The molecule has 0 saturated carbocycles. The van der Waals surface area contributed by atoms with Crippen LogP contribution in [0.5, 0.6) is 0 Å². The first-order chi connectivity index (χ1) is 16.6. The molecular weight excluding hydrogens is 441 g/mol. The highest BCUT2D eigenvalue weighted by Crippen LogP contribution is 2.41. The first-order valence-electron chi connectivity index (χ1n) is 12.3. The highest BCUT2D eigenvalue weighted by molar-refractivity contribution is 6.62.